The van der Waals surface area contributed by atoms with Crippen molar-refractivity contribution in [1.29, 1.82) is 0 Å². The molecule has 6 nitrogen and oxygen atoms in total. The molecule has 0 heterocycles. The van der Waals surface area contributed by atoms with Crippen LogP contribution in [0.5, 0.6) is 5.75 Å². The third kappa shape index (κ3) is 5.06. The van der Waals surface area contributed by atoms with Crippen LogP contribution in [-0.4, -0.2) is 39.3 Å². The van der Waals surface area contributed by atoms with Crippen molar-refractivity contribution in [2.75, 3.05) is 26.0 Å². The molecule has 2 aromatic rings. The first-order valence-corrected chi connectivity index (χ1v) is 10.2. The summed E-state index contributed by atoms with van der Waals surface area (Å²) >= 11 is 3.37. The normalized spacial score (nSPS) is 11.4. The van der Waals surface area contributed by atoms with Crippen LogP contribution in [0.1, 0.15) is 12.5 Å². The van der Waals surface area contributed by atoms with Gasteiger partial charge in [0.25, 0.3) is 0 Å². The predicted molar refractivity (Wildman–Crippen MR) is 105 cm³/mol. The molecule has 0 bridgehead atoms. The van der Waals surface area contributed by atoms with E-state index in [1.165, 1.54) is 20.2 Å². The van der Waals surface area contributed by atoms with E-state index in [0.29, 0.717) is 12.3 Å². The maximum atomic E-state index is 12.5. The molecule has 0 atom stereocenters. The molecule has 0 spiro atoms. The van der Waals surface area contributed by atoms with Crippen LogP contribution in [0.3, 0.4) is 0 Å². The third-order valence-corrected chi connectivity index (χ3v) is 5.87. The third-order valence-electron chi connectivity index (χ3n) is 3.54. The molecule has 0 aromatic heterocycles. The molecule has 26 heavy (non-hydrogen) atoms. The number of ether oxygens (including phenoxy) is 1. The van der Waals surface area contributed by atoms with Gasteiger partial charge in [-0.25, -0.2) is 12.7 Å². The van der Waals surface area contributed by atoms with Gasteiger partial charge in [0.1, 0.15) is 10.6 Å². The summed E-state index contributed by atoms with van der Waals surface area (Å²) in [5, 5.41) is 2.74. The van der Waals surface area contributed by atoms with Crippen molar-refractivity contribution in [1.82, 2.24) is 4.31 Å². The van der Waals surface area contributed by atoms with Crippen LogP contribution in [0.2, 0.25) is 0 Å². The Morgan fingerprint density at radius 1 is 1.19 bits per heavy atom. The van der Waals surface area contributed by atoms with Crippen molar-refractivity contribution in [3.8, 4) is 5.75 Å². The lowest BCUT2D eigenvalue weighted by Crippen LogP contribution is -2.23. The molecule has 0 saturated heterocycles. The highest BCUT2D eigenvalue weighted by atomic mass is 79.9. The molecule has 2 aromatic carbocycles. The van der Waals surface area contributed by atoms with E-state index in [1.54, 1.807) is 19.1 Å². The molecule has 0 saturated carbocycles. The summed E-state index contributed by atoms with van der Waals surface area (Å²) in [5.41, 5.74) is 1.25. The number of nitrogens with zero attached hydrogens (tertiary/aromatic N) is 1. The largest absolute Gasteiger partial charge is 0.492 e. The van der Waals surface area contributed by atoms with Crippen molar-refractivity contribution in [3.05, 3.63) is 52.5 Å². The molecule has 0 unspecified atom stereocenters. The van der Waals surface area contributed by atoms with E-state index in [-0.39, 0.29) is 23.0 Å². The first kappa shape index (κ1) is 20.4. The molecule has 140 valence electrons. The molecule has 0 aliphatic rings. The van der Waals surface area contributed by atoms with Crippen molar-refractivity contribution in [2.24, 2.45) is 0 Å². The van der Waals surface area contributed by atoms with Crippen molar-refractivity contribution in [3.63, 3.8) is 0 Å². The van der Waals surface area contributed by atoms with Gasteiger partial charge in [0.05, 0.1) is 13.0 Å². The van der Waals surface area contributed by atoms with Crippen molar-refractivity contribution in [2.45, 2.75) is 18.2 Å². The standard InChI is InChI=1S/C18H21BrN2O4S/c1-4-25-16-9-8-15(12-17(16)26(23,24)21(2)3)20-18(22)11-13-6-5-7-14(19)10-13/h5-10,12H,4,11H2,1-3H3,(H,20,22). The number of carbonyl (C=O) groups is 1. The minimum Gasteiger partial charge on any atom is -0.492 e. The van der Waals surface area contributed by atoms with E-state index in [9.17, 15) is 13.2 Å². The van der Waals surface area contributed by atoms with Crippen LogP contribution in [0.4, 0.5) is 5.69 Å². The number of sulfonamides is 1. The number of anilines is 1. The van der Waals surface area contributed by atoms with Crippen LogP contribution in [0.15, 0.2) is 51.8 Å². The number of carbonyl (C=O) groups excluding carboxylic acids is 1. The van der Waals surface area contributed by atoms with Gasteiger partial charge in [-0.3, -0.25) is 4.79 Å². The zero-order chi connectivity index (χ0) is 19.3. The van der Waals surface area contributed by atoms with Crippen LogP contribution in [0.25, 0.3) is 0 Å². The van der Waals surface area contributed by atoms with Gasteiger partial charge in [0.2, 0.25) is 15.9 Å². The van der Waals surface area contributed by atoms with E-state index >= 15 is 0 Å². The number of benzene rings is 2. The lowest BCUT2D eigenvalue weighted by atomic mass is 10.1. The SMILES string of the molecule is CCOc1ccc(NC(=O)Cc2cccc(Br)c2)cc1S(=O)(=O)N(C)C. The Hall–Kier alpha value is -1.90. The van der Waals surface area contributed by atoms with Crippen LogP contribution < -0.4 is 10.1 Å². The van der Waals surface area contributed by atoms with Gasteiger partial charge < -0.3 is 10.1 Å². The molecule has 0 aliphatic heterocycles. The fraction of sp³-hybridized carbons (Fsp3) is 0.278. The Bertz CT molecular complexity index is 898. The smallest absolute Gasteiger partial charge is 0.246 e. The molecule has 0 aliphatic carbocycles. The Balaban J connectivity index is 2.26. The Morgan fingerprint density at radius 3 is 2.54 bits per heavy atom. The Labute approximate surface area is 162 Å². The summed E-state index contributed by atoms with van der Waals surface area (Å²) in [7, 11) is -0.806. The second kappa shape index (κ2) is 8.66. The lowest BCUT2D eigenvalue weighted by Gasteiger charge is -2.16. The molecule has 8 heteroatoms. The maximum absolute atomic E-state index is 12.5. The van der Waals surface area contributed by atoms with E-state index in [2.05, 4.69) is 21.2 Å². The summed E-state index contributed by atoms with van der Waals surface area (Å²) in [5.74, 6) is 0.0200. The molecule has 0 radical (unpaired) electrons. The average molecular weight is 441 g/mol. The molecular formula is C18H21BrN2O4S. The molecule has 2 rings (SSSR count). The number of hydrogen-bond donors (Lipinski definition) is 1. The van der Waals surface area contributed by atoms with Gasteiger partial charge in [-0.15, -0.1) is 0 Å². The highest BCUT2D eigenvalue weighted by molar-refractivity contribution is 9.10. The first-order chi connectivity index (χ1) is 12.2. The second-order valence-electron chi connectivity index (χ2n) is 5.74. The van der Waals surface area contributed by atoms with E-state index in [4.69, 9.17) is 4.74 Å². The Kier molecular flexibility index (Phi) is 6.80. The topological polar surface area (TPSA) is 75.7 Å². The second-order valence-corrected chi connectivity index (χ2v) is 8.77. The predicted octanol–water partition coefficient (Wildman–Crippen LogP) is 3.28. The summed E-state index contributed by atoms with van der Waals surface area (Å²) in [6.07, 6.45) is 0.183. The number of hydrogen-bond acceptors (Lipinski definition) is 4. The van der Waals surface area contributed by atoms with E-state index in [1.807, 2.05) is 24.3 Å². The minimum absolute atomic E-state index is 0.0182. The Morgan fingerprint density at radius 2 is 1.92 bits per heavy atom. The zero-order valence-corrected chi connectivity index (χ0v) is 17.2. The van der Waals surface area contributed by atoms with Gasteiger partial charge in [0.15, 0.2) is 0 Å². The fourth-order valence-corrected chi connectivity index (χ4v) is 3.79. The highest BCUT2D eigenvalue weighted by Gasteiger charge is 2.23. The lowest BCUT2D eigenvalue weighted by molar-refractivity contribution is -0.115. The van der Waals surface area contributed by atoms with Gasteiger partial charge in [-0.2, -0.15) is 0 Å². The van der Waals surface area contributed by atoms with Gasteiger partial charge >= 0.3 is 0 Å². The summed E-state index contributed by atoms with van der Waals surface area (Å²) in [6.45, 7) is 2.12. The van der Waals surface area contributed by atoms with Crippen molar-refractivity contribution >= 4 is 37.5 Å². The quantitative estimate of drug-likeness (QED) is 0.716. The first-order valence-electron chi connectivity index (χ1n) is 7.97. The van der Waals surface area contributed by atoms with Gasteiger partial charge in [0, 0.05) is 24.3 Å². The minimum atomic E-state index is -3.70. The molecule has 1 N–H and O–H groups in total. The monoisotopic (exact) mass is 440 g/mol. The molecule has 0 fully saturated rings. The maximum Gasteiger partial charge on any atom is 0.246 e. The van der Waals surface area contributed by atoms with Gasteiger partial charge in [-0.1, -0.05) is 28.1 Å². The number of amides is 1. The summed E-state index contributed by atoms with van der Waals surface area (Å²) in [4.78, 5) is 12.3. The van der Waals surface area contributed by atoms with Crippen LogP contribution in [0, 0.1) is 0 Å². The van der Waals surface area contributed by atoms with E-state index in [0.717, 1.165) is 14.3 Å². The zero-order valence-electron chi connectivity index (χ0n) is 14.8. The number of rotatable bonds is 7. The van der Waals surface area contributed by atoms with Crippen LogP contribution >= 0.6 is 15.9 Å². The highest BCUT2D eigenvalue weighted by Crippen LogP contribution is 2.29. The van der Waals surface area contributed by atoms with E-state index < -0.39 is 10.0 Å². The number of nitrogens with one attached hydrogen (secondary N) is 1. The summed E-state index contributed by atoms with van der Waals surface area (Å²) in [6, 6.07) is 12.0. The fourth-order valence-electron chi connectivity index (χ4n) is 2.30. The molecular weight excluding hydrogens is 420 g/mol. The van der Waals surface area contributed by atoms with Crippen molar-refractivity contribution < 1.29 is 17.9 Å². The number of halogens is 1. The van der Waals surface area contributed by atoms with Crippen LogP contribution in [-0.2, 0) is 21.2 Å². The molecule has 1 amide bonds. The van der Waals surface area contributed by atoms with Gasteiger partial charge in [-0.05, 0) is 42.8 Å². The average Bonchev–Trinajstić information content (AvgIpc) is 2.56. The summed E-state index contributed by atoms with van der Waals surface area (Å²) < 4.78 is 32.5.